The van der Waals surface area contributed by atoms with Gasteiger partial charge in [0.1, 0.15) is 23.5 Å². The number of methoxy groups -OCH3 is 1. The molecule has 0 saturated heterocycles. The molecule has 0 aliphatic carbocycles. The van der Waals surface area contributed by atoms with Crippen LogP contribution in [0.2, 0.25) is 0 Å². The van der Waals surface area contributed by atoms with Gasteiger partial charge in [0.25, 0.3) is 0 Å². The first-order chi connectivity index (χ1) is 15.9. The number of hydrogen-bond donors (Lipinski definition) is 0. The highest BCUT2D eigenvalue weighted by atomic mass is 19.1. The van der Waals surface area contributed by atoms with Crippen molar-refractivity contribution in [3.63, 3.8) is 0 Å². The van der Waals surface area contributed by atoms with Gasteiger partial charge in [0.15, 0.2) is 5.70 Å². The van der Waals surface area contributed by atoms with E-state index in [1.165, 1.54) is 12.3 Å². The first kappa shape index (κ1) is 22.6. The Morgan fingerprint density at radius 3 is 2.67 bits per heavy atom. The van der Waals surface area contributed by atoms with E-state index in [2.05, 4.69) is 9.98 Å². The summed E-state index contributed by atoms with van der Waals surface area (Å²) in [6.07, 6.45) is 1.42. The number of halogens is 1. The second-order valence-corrected chi connectivity index (χ2v) is 7.70. The summed E-state index contributed by atoms with van der Waals surface area (Å²) in [4.78, 5) is 20.9. The molecule has 0 saturated carbocycles. The molecule has 1 unspecified atom stereocenters. The van der Waals surface area contributed by atoms with Crippen LogP contribution in [0.15, 0.2) is 76.0 Å². The molecule has 0 fully saturated rings. The van der Waals surface area contributed by atoms with E-state index >= 15 is 0 Å². The molecular weight excluding hydrogens is 425 g/mol. The highest BCUT2D eigenvalue weighted by Gasteiger charge is 2.42. The smallest absolute Gasteiger partial charge is 0.339 e. The van der Waals surface area contributed by atoms with E-state index in [1.807, 2.05) is 0 Å². The predicted octanol–water partition coefficient (Wildman–Crippen LogP) is 4.74. The van der Waals surface area contributed by atoms with Crippen molar-refractivity contribution in [1.82, 2.24) is 0 Å². The minimum Gasteiger partial charge on any atom is -0.614 e. The number of allylic oxidation sites excluding steroid dienone is 1. The van der Waals surface area contributed by atoms with Crippen molar-refractivity contribution in [2.24, 2.45) is 9.98 Å². The van der Waals surface area contributed by atoms with E-state index in [-0.39, 0.29) is 36.9 Å². The van der Waals surface area contributed by atoms with Crippen LogP contribution < -0.4 is 4.74 Å². The average Bonchev–Trinajstić information content (AvgIpc) is 3.10. The molecule has 2 heterocycles. The fourth-order valence-electron chi connectivity index (χ4n) is 3.97. The maximum absolute atomic E-state index is 14.4. The Morgan fingerprint density at radius 2 is 1.94 bits per heavy atom. The van der Waals surface area contributed by atoms with Crippen LogP contribution in [0.5, 0.6) is 5.75 Å². The van der Waals surface area contributed by atoms with Crippen LogP contribution in [0.25, 0.3) is 5.70 Å². The topological polar surface area (TPSA) is 83.3 Å². The lowest BCUT2D eigenvalue weighted by Gasteiger charge is -2.39. The molecule has 170 valence electrons. The van der Waals surface area contributed by atoms with Crippen LogP contribution in [0.1, 0.15) is 31.4 Å². The van der Waals surface area contributed by atoms with Crippen LogP contribution in [-0.2, 0) is 16.0 Å². The third-order valence-corrected chi connectivity index (χ3v) is 5.52. The zero-order valence-electron chi connectivity index (χ0n) is 18.7. The summed E-state index contributed by atoms with van der Waals surface area (Å²) < 4.78 is 23.7. The van der Waals surface area contributed by atoms with Crippen LogP contribution in [-0.4, -0.2) is 36.0 Å². The van der Waals surface area contributed by atoms with E-state index in [0.717, 1.165) is 0 Å². The molecule has 1 atom stereocenters. The van der Waals surface area contributed by atoms with E-state index in [1.54, 1.807) is 63.4 Å². The largest absolute Gasteiger partial charge is 0.614 e. The molecular formula is C25H24FN3O4. The molecule has 0 bridgehead atoms. The number of nitrogens with zero attached hydrogens (tertiary/aromatic N) is 3. The molecule has 7 nitrogen and oxygen atoms in total. The summed E-state index contributed by atoms with van der Waals surface area (Å²) in [6.45, 7) is 3.74. The molecule has 0 N–H and O–H groups in total. The number of guanidine groups is 1. The number of esters is 1. The third-order valence-electron chi connectivity index (χ3n) is 5.52. The molecule has 2 aliphatic heterocycles. The normalized spacial score (nSPS) is 19.5. The molecule has 33 heavy (non-hydrogen) atoms. The van der Waals surface area contributed by atoms with Crippen LogP contribution in [0, 0.1) is 11.0 Å². The number of fused-ring (bicyclic) bond motifs is 1. The molecule has 0 spiro atoms. The Bertz CT molecular complexity index is 1230. The fourth-order valence-corrected chi connectivity index (χ4v) is 3.97. The number of hydrogen-bond acceptors (Lipinski definition) is 6. The van der Waals surface area contributed by atoms with Crippen molar-refractivity contribution in [1.29, 1.82) is 0 Å². The molecule has 8 heteroatoms. The van der Waals surface area contributed by atoms with Crippen molar-refractivity contribution >= 4 is 23.3 Å². The van der Waals surface area contributed by atoms with Crippen LogP contribution in [0.3, 0.4) is 0 Å². The van der Waals surface area contributed by atoms with Crippen molar-refractivity contribution < 1.29 is 23.3 Å². The molecule has 2 aliphatic rings. The quantitative estimate of drug-likeness (QED) is 0.347. The van der Waals surface area contributed by atoms with Crippen molar-refractivity contribution in [2.45, 2.75) is 26.7 Å². The first-order valence-corrected chi connectivity index (χ1v) is 10.6. The van der Waals surface area contributed by atoms with Gasteiger partial charge in [-0.2, -0.15) is 9.98 Å². The van der Waals surface area contributed by atoms with Crippen molar-refractivity contribution in [3.05, 3.63) is 88.2 Å². The Labute approximate surface area is 191 Å². The molecule has 2 aromatic carbocycles. The highest BCUT2D eigenvalue weighted by molar-refractivity contribution is 6.14. The number of quaternary nitrogens is 1. The van der Waals surface area contributed by atoms with E-state index in [4.69, 9.17) is 9.47 Å². The molecule has 0 amide bonds. The second kappa shape index (κ2) is 9.09. The lowest BCUT2D eigenvalue weighted by molar-refractivity contribution is -0.647. The van der Waals surface area contributed by atoms with Crippen LogP contribution in [0.4, 0.5) is 4.39 Å². The predicted molar refractivity (Wildman–Crippen MR) is 124 cm³/mol. The Morgan fingerprint density at radius 1 is 1.15 bits per heavy atom. The van der Waals surface area contributed by atoms with Gasteiger partial charge in [-0.25, -0.2) is 9.04 Å². The van der Waals surface area contributed by atoms with Gasteiger partial charge >= 0.3 is 11.9 Å². The van der Waals surface area contributed by atoms with Crippen molar-refractivity contribution in [2.75, 3.05) is 13.7 Å². The summed E-state index contributed by atoms with van der Waals surface area (Å²) in [7, 11) is 1.55. The minimum absolute atomic E-state index is 0.0240. The number of carbonyl (C=O) groups excluding carboxylic acids is 1. The molecule has 0 aromatic heterocycles. The highest BCUT2D eigenvalue weighted by Crippen LogP contribution is 2.41. The summed E-state index contributed by atoms with van der Waals surface area (Å²) in [5.41, 5.74) is 2.92. The van der Waals surface area contributed by atoms with Gasteiger partial charge in [-0.3, -0.25) is 4.79 Å². The molecule has 2 aromatic rings. The lowest BCUT2D eigenvalue weighted by atomic mass is 9.96. The molecule has 0 radical (unpaired) electrons. The van der Waals surface area contributed by atoms with Gasteiger partial charge < -0.3 is 14.7 Å². The number of ether oxygens (including phenoxy) is 2. The second-order valence-electron chi connectivity index (χ2n) is 7.70. The van der Waals surface area contributed by atoms with Gasteiger partial charge in [0.2, 0.25) is 0 Å². The van der Waals surface area contributed by atoms with Gasteiger partial charge in [0.05, 0.1) is 25.8 Å². The maximum Gasteiger partial charge on any atom is 0.339 e. The Kier molecular flexibility index (Phi) is 6.22. The van der Waals surface area contributed by atoms with Gasteiger partial charge in [-0.05, 0) is 43.7 Å². The van der Waals surface area contributed by atoms with Crippen LogP contribution >= 0.6 is 0 Å². The molecule has 4 rings (SSSR count). The lowest BCUT2D eigenvalue weighted by Crippen LogP contribution is -2.42. The van der Waals surface area contributed by atoms with Gasteiger partial charge in [-0.15, -0.1) is 0 Å². The third kappa shape index (κ3) is 4.35. The SMILES string of the molecule is CCOC(=O)CC1=C[N+]2([O-])C(=N1)N=C(Cc1ccccc1F)C(C)=C2c1cccc(OC)c1. The average molecular weight is 449 g/mol. The van der Waals surface area contributed by atoms with Gasteiger partial charge in [0, 0.05) is 17.6 Å². The van der Waals surface area contributed by atoms with E-state index < -0.39 is 10.6 Å². The zero-order valence-corrected chi connectivity index (χ0v) is 18.7. The minimum atomic E-state index is -1.05. The number of benzene rings is 2. The number of rotatable bonds is 7. The standard InChI is InChI=1S/C25H24FN3O4/c1-4-33-23(30)14-19-15-29(31)24(18-9-7-10-20(12-18)32-3)16(2)22(28-25(29)27-19)13-17-8-5-6-11-21(17)26/h5-12,15H,4,13-14H2,1-3H3. The number of carbonyl (C=O) groups is 1. The Hall–Kier alpha value is -3.62. The number of aliphatic imine (C=N–C) groups is 2. The summed E-state index contributed by atoms with van der Waals surface area (Å²) in [5, 5.41) is 14.1. The monoisotopic (exact) mass is 449 g/mol. The number of hydroxylamine groups is 3. The van der Waals surface area contributed by atoms with Crippen molar-refractivity contribution in [3.8, 4) is 5.75 Å². The van der Waals surface area contributed by atoms with E-state index in [9.17, 15) is 14.4 Å². The maximum atomic E-state index is 14.4. The van der Waals surface area contributed by atoms with Gasteiger partial charge in [-0.1, -0.05) is 24.3 Å². The zero-order chi connectivity index (χ0) is 23.6. The fraction of sp³-hybridized carbons (Fsp3) is 0.240. The summed E-state index contributed by atoms with van der Waals surface area (Å²) in [5.74, 6) is -0.257. The first-order valence-electron chi connectivity index (χ1n) is 10.6. The Balaban J connectivity index is 1.83. The van der Waals surface area contributed by atoms with E-state index in [0.29, 0.717) is 33.9 Å². The summed E-state index contributed by atoms with van der Waals surface area (Å²) in [6, 6.07) is 13.6. The summed E-state index contributed by atoms with van der Waals surface area (Å²) >= 11 is 0.